The number of halogens is 2. The Labute approximate surface area is 119 Å². The normalized spacial score (nSPS) is 15.0. The molecule has 3 rings (SSSR count). The van der Waals surface area contributed by atoms with Gasteiger partial charge in [0.05, 0.1) is 5.02 Å². The number of nitrogens with one attached hydrogen (secondary N) is 1. The fourth-order valence-corrected chi connectivity index (χ4v) is 2.87. The van der Waals surface area contributed by atoms with Crippen molar-refractivity contribution in [3.8, 4) is 10.6 Å². The van der Waals surface area contributed by atoms with Crippen LogP contribution in [0.1, 0.15) is 17.8 Å². The van der Waals surface area contributed by atoms with Gasteiger partial charge in [-0.25, -0.2) is 0 Å². The van der Waals surface area contributed by atoms with Crippen molar-refractivity contribution in [2.45, 2.75) is 25.4 Å². The van der Waals surface area contributed by atoms with E-state index in [2.05, 4.69) is 15.5 Å². The maximum absolute atomic E-state index is 6.14. The molecule has 0 saturated heterocycles. The minimum atomic E-state index is 0.650. The van der Waals surface area contributed by atoms with Gasteiger partial charge in [0, 0.05) is 23.2 Å². The van der Waals surface area contributed by atoms with Gasteiger partial charge in [0.1, 0.15) is 10.0 Å². The van der Waals surface area contributed by atoms with E-state index in [1.54, 1.807) is 23.5 Å². The zero-order valence-corrected chi connectivity index (χ0v) is 11.8. The minimum Gasteiger partial charge on any atom is -0.308 e. The first-order chi connectivity index (χ1) is 8.72. The highest BCUT2D eigenvalue weighted by Gasteiger charge is 2.21. The summed E-state index contributed by atoms with van der Waals surface area (Å²) in [5.74, 6) is 0. The second-order valence-electron chi connectivity index (χ2n) is 4.28. The molecule has 94 valence electrons. The Balaban J connectivity index is 1.80. The molecular formula is C12H11Cl2N3S. The molecule has 0 amide bonds. The lowest BCUT2D eigenvalue weighted by Crippen LogP contribution is -2.14. The van der Waals surface area contributed by atoms with E-state index < -0.39 is 0 Å². The summed E-state index contributed by atoms with van der Waals surface area (Å²) >= 11 is 13.7. The molecule has 0 bridgehead atoms. The van der Waals surface area contributed by atoms with Crippen LogP contribution in [0.2, 0.25) is 10.0 Å². The highest BCUT2D eigenvalue weighted by atomic mass is 35.5. The van der Waals surface area contributed by atoms with Crippen LogP contribution in [0.3, 0.4) is 0 Å². The molecule has 1 fully saturated rings. The summed E-state index contributed by atoms with van der Waals surface area (Å²) in [6.45, 7) is 0.778. The van der Waals surface area contributed by atoms with E-state index in [1.165, 1.54) is 12.8 Å². The summed E-state index contributed by atoms with van der Waals surface area (Å²) in [5.41, 5.74) is 0.847. The molecule has 18 heavy (non-hydrogen) atoms. The molecule has 3 nitrogen and oxygen atoms in total. The summed E-state index contributed by atoms with van der Waals surface area (Å²) < 4.78 is 0. The van der Waals surface area contributed by atoms with Crippen LogP contribution in [-0.4, -0.2) is 16.2 Å². The lowest BCUT2D eigenvalue weighted by molar-refractivity contribution is 0.679. The van der Waals surface area contributed by atoms with E-state index in [0.717, 1.165) is 22.1 Å². The maximum Gasteiger partial charge on any atom is 0.149 e. The van der Waals surface area contributed by atoms with E-state index in [1.807, 2.05) is 6.07 Å². The molecule has 1 aliphatic carbocycles. The number of benzene rings is 1. The average Bonchev–Trinajstić information content (AvgIpc) is 3.08. The maximum atomic E-state index is 6.14. The Morgan fingerprint density at radius 3 is 2.89 bits per heavy atom. The molecule has 1 aliphatic rings. The third-order valence-electron chi connectivity index (χ3n) is 2.74. The number of aromatic nitrogens is 2. The second-order valence-corrected chi connectivity index (χ2v) is 6.19. The quantitative estimate of drug-likeness (QED) is 0.934. The third-order valence-corrected chi connectivity index (χ3v) is 4.27. The fourth-order valence-electron chi connectivity index (χ4n) is 1.61. The van der Waals surface area contributed by atoms with E-state index in [4.69, 9.17) is 23.2 Å². The van der Waals surface area contributed by atoms with Gasteiger partial charge in [0.15, 0.2) is 0 Å². The monoisotopic (exact) mass is 299 g/mol. The van der Waals surface area contributed by atoms with Crippen LogP contribution >= 0.6 is 34.5 Å². The van der Waals surface area contributed by atoms with Crippen LogP contribution in [-0.2, 0) is 6.54 Å². The van der Waals surface area contributed by atoms with Gasteiger partial charge < -0.3 is 5.32 Å². The van der Waals surface area contributed by atoms with Crippen LogP contribution in [0.15, 0.2) is 18.2 Å². The predicted molar refractivity (Wildman–Crippen MR) is 75.2 cm³/mol. The van der Waals surface area contributed by atoms with Gasteiger partial charge in [-0.1, -0.05) is 34.5 Å². The molecule has 1 aromatic carbocycles. The highest BCUT2D eigenvalue weighted by molar-refractivity contribution is 7.14. The molecule has 2 aromatic rings. The van der Waals surface area contributed by atoms with E-state index >= 15 is 0 Å². The van der Waals surface area contributed by atoms with Crippen LogP contribution in [0.5, 0.6) is 0 Å². The Hall–Kier alpha value is -0.680. The van der Waals surface area contributed by atoms with Crippen molar-refractivity contribution in [1.29, 1.82) is 0 Å². The van der Waals surface area contributed by atoms with Crippen LogP contribution < -0.4 is 5.32 Å². The van der Waals surface area contributed by atoms with E-state index in [-0.39, 0.29) is 0 Å². The Morgan fingerprint density at radius 1 is 1.28 bits per heavy atom. The van der Waals surface area contributed by atoms with Gasteiger partial charge in [-0.3, -0.25) is 0 Å². The molecule has 1 saturated carbocycles. The average molecular weight is 300 g/mol. The van der Waals surface area contributed by atoms with Crippen LogP contribution in [0.25, 0.3) is 10.6 Å². The van der Waals surface area contributed by atoms with E-state index in [9.17, 15) is 0 Å². The predicted octanol–water partition coefficient (Wildman–Crippen LogP) is 3.76. The Kier molecular flexibility index (Phi) is 3.52. The van der Waals surface area contributed by atoms with Gasteiger partial charge in [-0.2, -0.15) is 0 Å². The number of hydrogen-bond donors (Lipinski definition) is 1. The first-order valence-corrected chi connectivity index (χ1v) is 7.31. The summed E-state index contributed by atoms with van der Waals surface area (Å²) in [4.78, 5) is 0. The van der Waals surface area contributed by atoms with E-state index in [0.29, 0.717) is 16.1 Å². The van der Waals surface area contributed by atoms with Crippen molar-refractivity contribution in [1.82, 2.24) is 15.5 Å². The molecule has 6 heteroatoms. The smallest absolute Gasteiger partial charge is 0.149 e. The molecule has 1 N–H and O–H groups in total. The lowest BCUT2D eigenvalue weighted by atomic mass is 10.2. The molecule has 1 heterocycles. The summed E-state index contributed by atoms with van der Waals surface area (Å²) in [6, 6.07) is 6.04. The molecule has 0 atom stereocenters. The Bertz CT molecular complexity index is 566. The standard InChI is InChI=1S/C12H11Cl2N3S/c13-7-1-4-10(14)9(5-7)12-17-16-11(18-12)6-15-8-2-3-8/h1,4-5,8,15H,2-3,6H2. The van der Waals surface area contributed by atoms with Gasteiger partial charge in [-0.05, 0) is 31.0 Å². The second kappa shape index (κ2) is 5.13. The van der Waals surface area contributed by atoms with Crippen molar-refractivity contribution < 1.29 is 0 Å². The van der Waals surface area contributed by atoms with Crippen molar-refractivity contribution in [3.05, 3.63) is 33.3 Å². The summed E-state index contributed by atoms with van der Waals surface area (Å²) in [6.07, 6.45) is 2.54. The largest absolute Gasteiger partial charge is 0.308 e. The lowest BCUT2D eigenvalue weighted by Gasteiger charge is -1.99. The molecule has 0 spiro atoms. The van der Waals surface area contributed by atoms with Crippen LogP contribution in [0.4, 0.5) is 0 Å². The zero-order valence-electron chi connectivity index (χ0n) is 9.49. The van der Waals surface area contributed by atoms with Gasteiger partial charge in [0.2, 0.25) is 0 Å². The minimum absolute atomic E-state index is 0.650. The third kappa shape index (κ3) is 2.83. The van der Waals surface area contributed by atoms with Crippen LogP contribution in [0, 0.1) is 0 Å². The first-order valence-electron chi connectivity index (χ1n) is 5.73. The Morgan fingerprint density at radius 2 is 2.11 bits per heavy atom. The first kappa shape index (κ1) is 12.4. The molecule has 0 unspecified atom stereocenters. The summed E-state index contributed by atoms with van der Waals surface area (Å²) in [7, 11) is 0. The van der Waals surface area contributed by atoms with Crippen molar-refractivity contribution in [2.24, 2.45) is 0 Å². The highest BCUT2D eigenvalue weighted by Crippen LogP contribution is 2.32. The number of rotatable bonds is 4. The fraction of sp³-hybridized carbons (Fsp3) is 0.333. The summed E-state index contributed by atoms with van der Waals surface area (Å²) in [5, 5.41) is 14.9. The number of nitrogens with zero attached hydrogens (tertiary/aromatic N) is 2. The zero-order chi connectivity index (χ0) is 12.5. The molecule has 0 radical (unpaired) electrons. The van der Waals surface area contributed by atoms with Gasteiger partial charge >= 0.3 is 0 Å². The van der Waals surface area contributed by atoms with Gasteiger partial charge in [0.25, 0.3) is 0 Å². The van der Waals surface area contributed by atoms with Crippen molar-refractivity contribution >= 4 is 34.5 Å². The molecular weight excluding hydrogens is 289 g/mol. The van der Waals surface area contributed by atoms with Crippen molar-refractivity contribution in [2.75, 3.05) is 0 Å². The molecule has 0 aliphatic heterocycles. The van der Waals surface area contributed by atoms with Crippen molar-refractivity contribution in [3.63, 3.8) is 0 Å². The molecule has 1 aromatic heterocycles. The van der Waals surface area contributed by atoms with Gasteiger partial charge in [-0.15, -0.1) is 10.2 Å². The topological polar surface area (TPSA) is 37.8 Å². The number of hydrogen-bond acceptors (Lipinski definition) is 4. The SMILES string of the molecule is Clc1ccc(Cl)c(-c2nnc(CNC3CC3)s2)c1.